The molecule has 1 aliphatic heterocycles. The monoisotopic (exact) mass is 526 g/mol. The van der Waals surface area contributed by atoms with Crippen molar-refractivity contribution in [3.63, 3.8) is 0 Å². The molecule has 0 saturated heterocycles. The Morgan fingerprint density at radius 1 is 1.05 bits per heavy atom. The number of aromatic nitrogens is 1. The zero-order chi connectivity index (χ0) is 26.4. The molecule has 0 unspecified atom stereocenters. The topological polar surface area (TPSA) is 59.5 Å². The minimum absolute atomic E-state index is 0.0729. The first-order valence-corrected chi connectivity index (χ1v) is 13.6. The molecule has 0 fully saturated rings. The minimum atomic E-state index is -4.50. The summed E-state index contributed by atoms with van der Waals surface area (Å²) >= 11 is 0. The summed E-state index contributed by atoms with van der Waals surface area (Å²) in [5, 5.41) is 0.445. The van der Waals surface area contributed by atoms with Crippen LogP contribution in [0.4, 0.5) is 13.2 Å². The zero-order valence-corrected chi connectivity index (χ0v) is 21.2. The van der Waals surface area contributed by atoms with Crippen LogP contribution >= 0.6 is 0 Å². The van der Waals surface area contributed by atoms with E-state index in [4.69, 9.17) is 4.74 Å². The molecular weight excluding hydrogens is 501 g/mol. The highest BCUT2D eigenvalue weighted by molar-refractivity contribution is 7.88. The molecule has 37 heavy (non-hydrogen) atoms. The SMILES string of the molecule is Cc1cnc2c(C(F)(F)F)cccc2c1-c1cccc(COc2cccc3c2CCN(S(C)(=O)=O)C3)c1. The number of rotatable bonds is 5. The molecule has 192 valence electrons. The second-order valence-corrected chi connectivity index (χ2v) is 11.2. The van der Waals surface area contributed by atoms with Crippen molar-refractivity contribution < 1.29 is 26.3 Å². The van der Waals surface area contributed by atoms with Gasteiger partial charge >= 0.3 is 6.18 Å². The van der Waals surface area contributed by atoms with Gasteiger partial charge in [0.15, 0.2) is 0 Å². The average Bonchev–Trinajstić information content (AvgIpc) is 2.85. The number of benzene rings is 3. The van der Waals surface area contributed by atoms with Gasteiger partial charge in [0.05, 0.1) is 17.3 Å². The summed E-state index contributed by atoms with van der Waals surface area (Å²) in [5.41, 5.74) is 4.21. The van der Waals surface area contributed by atoms with Crippen LogP contribution in [-0.4, -0.2) is 30.5 Å². The highest BCUT2D eigenvalue weighted by Gasteiger charge is 2.33. The van der Waals surface area contributed by atoms with Crippen molar-refractivity contribution in [1.29, 1.82) is 0 Å². The molecule has 0 saturated carbocycles. The summed E-state index contributed by atoms with van der Waals surface area (Å²) in [4.78, 5) is 4.11. The first-order valence-electron chi connectivity index (χ1n) is 11.8. The maximum absolute atomic E-state index is 13.6. The Balaban J connectivity index is 1.44. The first-order chi connectivity index (χ1) is 17.5. The Morgan fingerprint density at radius 2 is 1.81 bits per heavy atom. The number of pyridine rings is 1. The predicted molar refractivity (Wildman–Crippen MR) is 137 cm³/mol. The Labute approximate surface area is 213 Å². The Bertz CT molecular complexity index is 1600. The highest BCUT2D eigenvalue weighted by Crippen LogP contribution is 2.38. The van der Waals surface area contributed by atoms with E-state index in [-0.39, 0.29) is 12.1 Å². The van der Waals surface area contributed by atoms with Gasteiger partial charge in [-0.1, -0.05) is 42.5 Å². The molecule has 0 N–H and O–H groups in total. The van der Waals surface area contributed by atoms with Crippen LogP contribution in [0.3, 0.4) is 0 Å². The third-order valence-electron chi connectivity index (χ3n) is 6.66. The predicted octanol–water partition coefficient (Wildman–Crippen LogP) is 6.13. The van der Waals surface area contributed by atoms with Gasteiger partial charge in [0, 0.05) is 24.7 Å². The van der Waals surface area contributed by atoms with Gasteiger partial charge in [-0.25, -0.2) is 8.42 Å². The number of sulfonamides is 1. The van der Waals surface area contributed by atoms with Gasteiger partial charge in [-0.15, -0.1) is 0 Å². The summed E-state index contributed by atoms with van der Waals surface area (Å²) in [6, 6.07) is 17.3. The summed E-state index contributed by atoms with van der Waals surface area (Å²) in [5.74, 6) is 0.705. The fraction of sp³-hybridized carbons (Fsp3) is 0.250. The molecule has 0 radical (unpaired) electrons. The van der Waals surface area contributed by atoms with Crippen LogP contribution in [0, 0.1) is 6.92 Å². The molecule has 0 atom stereocenters. The van der Waals surface area contributed by atoms with E-state index in [2.05, 4.69) is 4.98 Å². The standard InChI is InChI=1S/C28H25F3N2O3S/c1-18-15-32-27-23(9-5-10-24(27)28(29,30)31)26(18)20-7-3-6-19(14-20)17-36-25-11-4-8-21-16-33(37(2,34)35)13-12-22(21)25/h3-11,14-15H,12-13,16-17H2,1-2H3. The Kier molecular flexibility index (Phi) is 6.45. The van der Waals surface area contributed by atoms with Crippen molar-refractivity contribution >= 4 is 20.9 Å². The molecule has 0 amide bonds. The molecule has 5 rings (SSSR count). The van der Waals surface area contributed by atoms with Crippen LogP contribution in [0.1, 0.15) is 27.8 Å². The van der Waals surface area contributed by atoms with E-state index in [0.29, 0.717) is 36.2 Å². The lowest BCUT2D eigenvalue weighted by Crippen LogP contribution is -2.35. The van der Waals surface area contributed by atoms with E-state index in [1.807, 2.05) is 49.4 Å². The van der Waals surface area contributed by atoms with Gasteiger partial charge in [-0.2, -0.15) is 17.5 Å². The average molecular weight is 527 g/mol. The van der Waals surface area contributed by atoms with Crippen molar-refractivity contribution in [1.82, 2.24) is 9.29 Å². The molecule has 1 aromatic heterocycles. The van der Waals surface area contributed by atoms with Crippen LogP contribution in [-0.2, 0) is 35.8 Å². The number of alkyl halides is 3. The highest BCUT2D eigenvalue weighted by atomic mass is 32.2. The van der Waals surface area contributed by atoms with E-state index >= 15 is 0 Å². The Morgan fingerprint density at radius 3 is 2.57 bits per heavy atom. The number of hydrogen-bond acceptors (Lipinski definition) is 4. The van der Waals surface area contributed by atoms with Gasteiger partial charge in [0.25, 0.3) is 0 Å². The molecule has 1 aliphatic rings. The van der Waals surface area contributed by atoms with Crippen LogP contribution in [0.5, 0.6) is 5.75 Å². The molecule has 9 heteroatoms. The van der Waals surface area contributed by atoms with Crippen molar-refractivity contribution in [2.75, 3.05) is 12.8 Å². The zero-order valence-electron chi connectivity index (χ0n) is 20.3. The number of hydrogen-bond donors (Lipinski definition) is 0. The Hall–Kier alpha value is -3.43. The van der Waals surface area contributed by atoms with E-state index in [1.165, 1.54) is 22.8 Å². The van der Waals surface area contributed by atoms with Crippen LogP contribution in [0.2, 0.25) is 0 Å². The van der Waals surface area contributed by atoms with Gasteiger partial charge < -0.3 is 4.74 Å². The van der Waals surface area contributed by atoms with E-state index in [0.717, 1.165) is 33.9 Å². The smallest absolute Gasteiger partial charge is 0.418 e. The lowest BCUT2D eigenvalue weighted by atomic mass is 9.94. The fourth-order valence-electron chi connectivity index (χ4n) is 4.88. The van der Waals surface area contributed by atoms with Crippen LogP contribution in [0.25, 0.3) is 22.0 Å². The molecule has 2 heterocycles. The normalized spacial score (nSPS) is 14.5. The van der Waals surface area contributed by atoms with Crippen LogP contribution < -0.4 is 4.74 Å². The molecular formula is C28H25F3N2O3S. The van der Waals surface area contributed by atoms with Crippen molar-refractivity contribution in [3.05, 3.63) is 94.7 Å². The second-order valence-electron chi connectivity index (χ2n) is 9.25. The third kappa shape index (κ3) is 5.06. The first kappa shape index (κ1) is 25.2. The van der Waals surface area contributed by atoms with Gasteiger partial charge in [0.2, 0.25) is 10.0 Å². The number of para-hydroxylation sites is 1. The number of halogens is 3. The van der Waals surface area contributed by atoms with Crippen molar-refractivity contribution in [3.8, 4) is 16.9 Å². The quantitative estimate of drug-likeness (QED) is 0.314. The number of ether oxygens (including phenoxy) is 1. The number of aryl methyl sites for hydroxylation is 1. The summed E-state index contributed by atoms with van der Waals surface area (Å²) in [6.45, 7) is 2.81. The molecule has 5 nitrogen and oxygen atoms in total. The van der Waals surface area contributed by atoms with Gasteiger partial charge in [-0.05, 0) is 64.9 Å². The van der Waals surface area contributed by atoms with E-state index in [9.17, 15) is 21.6 Å². The summed E-state index contributed by atoms with van der Waals surface area (Å²) in [7, 11) is -3.27. The molecule has 0 bridgehead atoms. The molecule has 0 spiro atoms. The lowest BCUT2D eigenvalue weighted by molar-refractivity contribution is -0.136. The van der Waals surface area contributed by atoms with Crippen molar-refractivity contribution in [2.24, 2.45) is 0 Å². The van der Waals surface area contributed by atoms with E-state index in [1.54, 1.807) is 6.07 Å². The third-order valence-corrected chi connectivity index (χ3v) is 7.91. The van der Waals surface area contributed by atoms with Crippen molar-refractivity contribution in [2.45, 2.75) is 32.7 Å². The van der Waals surface area contributed by atoms with Gasteiger partial charge in [0.1, 0.15) is 12.4 Å². The van der Waals surface area contributed by atoms with Crippen LogP contribution in [0.15, 0.2) is 66.9 Å². The molecule has 4 aromatic rings. The molecule has 3 aromatic carbocycles. The maximum Gasteiger partial charge on any atom is 0.418 e. The largest absolute Gasteiger partial charge is 0.489 e. The number of fused-ring (bicyclic) bond motifs is 2. The fourth-order valence-corrected chi connectivity index (χ4v) is 5.68. The maximum atomic E-state index is 13.6. The van der Waals surface area contributed by atoms with E-state index < -0.39 is 21.8 Å². The lowest BCUT2D eigenvalue weighted by Gasteiger charge is -2.28. The summed E-state index contributed by atoms with van der Waals surface area (Å²) < 4.78 is 72.3. The minimum Gasteiger partial charge on any atom is -0.489 e. The van der Waals surface area contributed by atoms with Gasteiger partial charge in [-0.3, -0.25) is 4.98 Å². The second kappa shape index (κ2) is 9.46. The summed E-state index contributed by atoms with van der Waals surface area (Å²) in [6.07, 6.45) is -1.25. The number of nitrogens with zero attached hydrogens (tertiary/aromatic N) is 2. The molecule has 0 aliphatic carbocycles.